The molecule has 18 heavy (non-hydrogen) atoms. The van der Waals surface area contributed by atoms with Crippen molar-refractivity contribution >= 4 is 50.7 Å². The molecule has 0 atom stereocenters. The third kappa shape index (κ3) is 3.22. The van der Waals surface area contributed by atoms with Gasteiger partial charge in [0.15, 0.2) is 0 Å². The second-order valence-corrected chi connectivity index (χ2v) is 5.13. The maximum absolute atomic E-state index is 12.0. The fourth-order valence-corrected chi connectivity index (χ4v) is 2.30. The van der Waals surface area contributed by atoms with Crippen molar-refractivity contribution in [2.24, 2.45) is 0 Å². The van der Waals surface area contributed by atoms with Crippen molar-refractivity contribution in [1.82, 2.24) is 4.98 Å². The quantitative estimate of drug-likeness (QED) is 0.819. The lowest BCUT2D eigenvalue weighted by atomic mass is 10.2. The molecule has 0 saturated carbocycles. The number of halogens is 3. The summed E-state index contributed by atoms with van der Waals surface area (Å²) in [5, 5.41) is 3.65. The lowest BCUT2D eigenvalue weighted by molar-refractivity contribution is 0.102. The highest BCUT2D eigenvalue weighted by Gasteiger charge is 2.10. The van der Waals surface area contributed by atoms with E-state index in [4.69, 9.17) is 23.2 Å². The van der Waals surface area contributed by atoms with E-state index in [1.54, 1.807) is 30.3 Å². The molecule has 0 saturated heterocycles. The molecule has 0 spiro atoms. The number of carbonyl (C=O) groups excluding carboxylic acids is 1. The van der Waals surface area contributed by atoms with Crippen LogP contribution >= 0.6 is 39.1 Å². The number of nitrogens with one attached hydrogen (secondary N) is 1. The first-order valence-corrected chi connectivity index (χ1v) is 6.49. The lowest BCUT2D eigenvalue weighted by Crippen LogP contribution is -2.12. The number of anilines is 1. The van der Waals surface area contributed by atoms with Gasteiger partial charge in [-0.3, -0.25) is 4.79 Å². The van der Waals surface area contributed by atoms with Crippen molar-refractivity contribution in [3.8, 4) is 0 Å². The summed E-state index contributed by atoms with van der Waals surface area (Å²) in [6.07, 6.45) is 1.49. The van der Waals surface area contributed by atoms with Crippen LogP contribution in [-0.2, 0) is 0 Å². The third-order valence-corrected chi connectivity index (χ3v) is 3.28. The molecule has 0 bridgehead atoms. The van der Waals surface area contributed by atoms with E-state index in [2.05, 4.69) is 26.2 Å². The molecule has 2 rings (SSSR count). The van der Waals surface area contributed by atoms with E-state index in [0.29, 0.717) is 25.9 Å². The number of carbonyl (C=O) groups is 1. The van der Waals surface area contributed by atoms with Crippen LogP contribution < -0.4 is 5.32 Å². The Morgan fingerprint density at radius 2 is 2.00 bits per heavy atom. The number of benzene rings is 1. The van der Waals surface area contributed by atoms with Crippen LogP contribution in [0.4, 0.5) is 5.69 Å². The van der Waals surface area contributed by atoms with Gasteiger partial charge in [-0.1, -0.05) is 23.2 Å². The van der Waals surface area contributed by atoms with Crippen molar-refractivity contribution in [2.45, 2.75) is 0 Å². The highest BCUT2D eigenvalue weighted by Crippen LogP contribution is 2.22. The molecule has 0 aliphatic carbocycles. The number of hydrogen-bond donors (Lipinski definition) is 1. The summed E-state index contributed by atoms with van der Waals surface area (Å²) in [7, 11) is 0. The van der Waals surface area contributed by atoms with E-state index in [1.807, 2.05) is 0 Å². The van der Waals surface area contributed by atoms with Crippen LogP contribution in [-0.4, -0.2) is 10.9 Å². The first-order chi connectivity index (χ1) is 8.56. The van der Waals surface area contributed by atoms with Gasteiger partial charge in [0.2, 0.25) is 0 Å². The van der Waals surface area contributed by atoms with Crippen molar-refractivity contribution in [1.29, 1.82) is 0 Å². The van der Waals surface area contributed by atoms with Crippen molar-refractivity contribution < 1.29 is 4.79 Å². The van der Waals surface area contributed by atoms with Gasteiger partial charge in [0.1, 0.15) is 5.15 Å². The minimum absolute atomic E-state index is 0.248. The summed E-state index contributed by atoms with van der Waals surface area (Å²) in [4.78, 5) is 15.9. The Bertz CT molecular complexity index is 587. The smallest absolute Gasteiger partial charge is 0.256 e. The van der Waals surface area contributed by atoms with E-state index < -0.39 is 0 Å². The van der Waals surface area contributed by atoms with Gasteiger partial charge >= 0.3 is 0 Å². The average Bonchev–Trinajstić information content (AvgIpc) is 2.32. The summed E-state index contributed by atoms with van der Waals surface area (Å²) in [5.74, 6) is -0.248. The molecule has 0 aliphatic heterocycles. The van der Waals surface area contributed by atoms with Gasteiger partial charge in [0.25, 0.3) is 5.91 Å². The Hall–Kier alpha value is -1.10. The molecule has 0 fully saturated rings. The molecule has 6 heteroatoms. The lowest BCUT2D eigenvalue weighted by Gasteiger charge is -2.06. The van der Waals surface area contributed by atoms with Crippen LogP contribution in [0.3, 0.4) is 0 Å². The summed E-state index contributed by atoms with van der Waals surface area (Å²) in [6.45, 7) is 0. The fourth-order valence-electron chi connectivity index (χ4n) is 1.32. The van der Waals surface area contributed by atoms with Gasteiger partial charge in [-0.15, -0.1) is 0 Å². The maximum Gasteiger partial charge on any atom is 0.256 e. The number of aromatic nitrogens is 1. The standard InChI is InChI=1S/C12H7BrCl2N2O/c13-10-5-7(14)1-3-9(10)12(18)17-8-2-4-11(15)16-6-8/h1-6H,(H,17,18). The van der Waals surface area contributed by atoms with Crippen LogP contribution in [0.5, 0.6) is 0 Å². The van der Waals surface area contributed by atoms with E-state index in [1.165, 1.54) is 6.20 Å². The predicted octanol–water partition coefficient (Wildman–Crippen LogP) is 4.40. The number of nitrogens with zero attached hydrogens (tertiary/aromatic N) is 1. The van der Waals surface area contributed by atoms with Crippen LogP contribution in [0.1, 0.15) is 10.4 Å². The first kappa shape index (κ1) is 13.3. The molecule has 1 amide bonds. The molecule has 1 heterocycles. The summed E-state index contributed by atoms with van der Waals surface area (Å²) >= 11 is 14.8. The van der Waals surface area contributed by atoms with Gasteiger partial charge in [-0.2, -0.15) is 0 Å². The summed E-state index contributed by atoms with van der Waals surface area (Å²) in [5.41, 5.74) is 1.07. The van der Waals surface area contributed by atoms with E-state index in [-0.39, 0.29) is 5.91 Å². The highest BCUT2D eigenvalue weighted by atomic mass is 79.9. The second kappa shape index (κ2) is 5.69. The predicted molar refractivity (Wildman–Crippen MR) is 76.4 cm³/mol. The zero-order chi connectivity index (χ0) is 13.1. The van der Waals surface area contributed by atoms with Crippen LogP contribution in [0, 0.1) is 0 Å². The largest absolute Gasteiger partial charge is 0.321 e. The summed E-state index contributed by atoms with van der Waals surface area (Å²) in [6, 6.07) is 8.24. The molecule has 92 valence electrons. The zero-order valence-corrected chi connectivity index (χ0v) is 12.1. The molecular weight excluding hydrogens is 339 g/mol. The second-order valence-electron chi connectivity index (χ2n) is 3.45. The molecule has 0 unspecified atom stereocenters. The third-order valence-electron chi connectivity index (χ3n) is 2.16. The van der Waals surface area contributed by atoms with Gasteiger partial charge in [-0.25, -0.2) is 4.98 Å². The van der Waals surface area contributed by atoms with Gasteiger partial charge in [-0.05, 0) is 46.3 Å². The Kier molecular flexibility index (Phi) is 4.22. The zero-order valence-electron chi connectivity index (χ0n) is 8.95. The number of amides is 1. The van der Waals surface area contributed by atoms with E-state index in [0.717, 1.165) is 0 Å². The van der Waals surface area contributed by atoms with Crippen LogP contribution in [0.15, 0.2) is 41.0 Å². The molecule has 1 N–H and O–H groups in total. The molecule has 0 aliphatic rings. The van der Waals surface area contributed by atoms with Crippen molar-refractivity contribution in [3.63, 3.8) is 0 Å². The highest BCUT2D eigenvalue weighted by molar-refractivity contribution is 9.10. The molecule has 0 radical (unpaired) electrons. The van der Waals surface area contributed by atoms with E-state index in [9.17, 15) is 4.79 Å². The molecular formula is C12H7BrCl2N2O. The Morgan fingerprint density at radius 1 is 1.22 bits per heavy atom. The maximum atomic E-state index is 12.0. The number of hydrogen-bond acceptors (Lipinski definition) is 2. The van der Waals surface area contributed by atoms with Gasteiger partial charge < -0.3 is 5.32 Å². The average molecular weight is 346 g/mol. The number of rotatable bonds is 2. The molecule has 2 aromatic rings. The monoisotopic (exact) mass is 344 g/mol. The first-order valence-electron chi connectivity index (χ1n) is 4.94. The normalized spacial score (nSPS) is 10.2. The van der Waals surface area contributed by atoms with E-state index >= 15 is 0 Å². The SMILES string of the molecule is O=C(Nc1ccc(Cl)nc1)c1ccc(Cl)cc1Br. The Labute approximate surface area is 122 Å². The Balaban J connectivity index is 2.19. The van der Waals surface area contributed by atoms with Gasteiger partial charge in [0.05, 0.1) is 17.4 Å². The van der Waals surface area contributed by atoms with Crippen molar-refractivity contribution in [2.75, 3.05) is 5.32 Å². The minimum atomic E-state index is -0.248. The summed E-state index contributed by atoms with van der Waals surface area (Å²) < 4.78 is 0.634. The van der Waals surface area contributed by atoms with Crippen LogP contribution in [0.25, 0.3) is 0 Å². The fraction of sp³-hybridized carbons (Fsp3) is 0. The molecule has 1 aromatic carbocycles. The van der Waals surface area contributed by atoms with Gasteiger partial charge in [0, 0.05) is 9.50 Å². The Morgan fingerprint density at radius 3 is 2.61 bits per heavy atom. The minimum Gasteiger partial charge on any atom is -0.321 e. The molecule has 1 aromatic heterocycles. The molecule has 3 nitrogen and oxygen atoms in total. The van der Waals surface area contributed by atoms with Crippen LogP contribution in [0.2, 0.25) is 10.2 Å². The van der Waals surface area contributed by atoms with Crippen molar-refractivity contribution in [3.05, 3.63) is 56.7 Å². The topological polar surface area (TPSA) is 42.0 Å². The number of pyridine rings is 1.